The van der Waals surface area contributed by atoms with Crippen LogP contribution in [0.4, 0.5) is 0 Å². The van der Waals surface area contributed by atoms with Crippen LogP contribution in [0.2, 0.25) is 0 Å². The molecular formula is C22H37N9O8S2. The van der Waals surface area contributed by atoms with Gasteiger partial charge in [-0.1, -0.05) is 21.6 Å². The van der Waals surface area contributed by atoms with Crippen molar-refractivity contribution in [2.45, 2.75) is 68.9 Å². The number of rotatable bonds is 8. The second kappa shape index (κ2) is 16.5. The van der Waals surface area contributed by atoms with Crippen molar-refractivity contribution in [2.24, 2.45) is 22.2 Å². The number of carboxylic acids is 1. The average molecular weight is 620 g/mol. The molecule has 1 fully saturated rings. The molecule has 12 N–H and O–H groups in total. The van der Waals surface area contributed by atoms with E-state index < -0.39 is 83.3 Å². The SMILES string of the molecule is CC(=O)NC1CSSC(C)(C)C(C(N)=O)NC(=O)C(CC(=O)O)NC(=O)CNC(=O)C(CCCN=C(N)N)NC1=O. The summed E-state index contributed by atoms with van der Waals surface area (Å²) in [5.74, 6) is -6.38. The van der Waals surface area contributed by atoms with Gasteiger partial charge in [0.25, 0.3) is 0 Å². The summed E-state index contributed by atoms with van der Waals surface area (Å²) in [6.07, 6.45) is -0.495. The zero-order valence-corrected chi connectivity index (χ0v) is 24.5. The minimum atomic E-state index is -1.60. The van der Waals surface area contributed by atoms with Crippen molar-refractivity contribution in [3.05, 3.63) is 0 Å². The van der Waals surface area contributed by atoms with Gasteiger partial charge in [-0.15, -0.1) is 0 Å². The van der Waals surface area contributed by atoms with Crippen LogP contribution in [-0.2, 0) is 33.6 Å². The Hall–Kier alpha value is -3.74. The van der Waals surface area contributed by atoms with E-state index in [0.717, 1.165) is 21.6 Å². The van der Waals surface area contributed by atoms with E-state index in [9.17, 15) is 38.7 Å². The third-order valence-electron chi connectivity index (χ3n) is 5.50. The lowest BCUT2D eigenvalue weighted by Crippen LogP contribution is -2.59. The average Bonchev–Trinajstić information content (AvgIpc) is 2.84. The normalized spacial score (nSPS) is 24.4. The fraction of sp³-hybridized carbons (Fsp3) is 0.636. The van der Waals surface area contributed by atoms with Crippen molar-refractivity contribution in [1.82, 2.24) is 26.6 Å². The summed E-state index contributed by atoms with van der Waals surface area (Å²) >= 11 is 0. The van der Waals surface area contributed by atoms with Gasteiger partial charge in [0.2, 0.25) is 35.4 Å². The Morgan fingerprint density at radius 3 is 2.24 bits per heavy atom. The molecule has 0 radical (unpaired) electrons. The van der Waals surface area contributed by atoms with Gasteiger partial charge in [0, 0.05) is 24.0 Å². The number of aliphatic imine (C=N–C) groups is 1. The molecule has 0 aliphatic carbocycles. The molecule has 0 saturated carbocycles. The highest BCUT2D eigenvalue weighted by Crippen LogP contribution is 2.38. The minimum Gasteiger partial charge on any atom is -0.481 e. The van der Waals surface area contributed by atoms with Gasteiger partial charge in [-0.2, -0.15) is 0 Å². The van der Waals surface area contributed by atoms with Crippen LogP contribution >= 0.6 is 21.6 Å². The molecule has 41 heavy (non-hydrogen) atoms. The summed E-state index contributed by atoms with van der Waals surface area (Å²) < 4.78 is -1.10. The van der Waals surface area contributed by atoms with E-state index in [1.165, 1.54) is 6.92 Å². The molecule has 230 valence electrons. The van der Waals surface area contributed by atoms with Crippen molar-refractivity contribution < 1.29 is 38.7 Å². The Balaban J connectivity index is 3.37. The first kappa shape index (κ1) is 35.3. The lowest BCUT2D eigenvalue weighted by atomic mass is 10.0. The maximum absolute atomic E-state index is 13.1. The number of carboxylic acid groups (broad SMARTS) is 1. The maximum Gasteiger partial charge on any atom is 0.305 e. The van der Waals surface area contributed by atoms with Gasteiger partial charge in [0.15, 0.2) is 5.96 Å². The predicted octanol–water partition coefficient (Wildman–Crippen LogP) is -3.75. The van der Waals surface area contributed by atoms with Crippen LogP contribution < -0.4 is 43.8 Å². The maximum atomic E-state index is 13.1. The Morgan fingerprint density at radius 2 is 1.68 bits per heavy atom. The van der Waals surface area contributed by atoms with Gasteiger partial charge in [0.05, 0.1) is 13.0 Å². The largest absolute Gasteiger partial charge is 0.481 e. The highest BCUT2D eigenvalue weighted by atomic mass is 33.1. The summed E-state index contributed by atoms with van der Waals surface area (Å²) in [6, 6.07) is -5.18. The number of nitrogens with one attached hydrogen (secondary N) is 5. The number of nitrogens with zero attached hydrogens (tertiary/aromatic N) is 1. The van der Waals surface area contributed by atoms with Crippen LogP contribution in [0.5, 0.6) is 0 Å². The fourth-order valence-electron chi connectivity index (χ4n) is 3.53. The quantitative estimate of drug-likeness (QED) is 0.0548. The molecular weight excluding hydrogens is 582 g/mol. The Bertz CT molecular complexity index is 1050. The molecule has 1 aliphatic heterocycles. The number of hydrogen-bond acceptors (Lipinski definition) is 10. The highest BCUT2D eigenvalue weighted by molar-refractivity contribution is 8.77. The molecule has 0 bridgehead atoms. The van der Waals surface area contributed by atoms with Gasteiger partial charge in [0.1, 0.15) is 24.2 Å². The third-order valence-corrected chi connectivity index (χ3v) is 8.80. The second-order valence-corrected chi connectivity index (χ2v) is 12.5. The van der Waals surface area contributed by atoms with Crippen LogP contribution in [-0.4, -0.2) is 100 Å². The van der Waals surface area contributed by atoms with E-state index in [0.29, 0.717) is 0 Å². The minimum absolute atomic E-state index is 0.0110. The Labute approximate surface area is 244 Å². The van der Waals surface area contributed by atoms with E-state index in [2.05, 4.69) is 31.6 Å². The molecule has 17 nitrogen and oxygen atoms in total. The summed E-state index contributed by atoms with van der Waals surface area (Å²) in [6.45, 7) is 3.85. The Kier molecular flexibility index (Phi) is 14.2. The number of primary amides is 1. The molecule has 6 amide bonds. The molecule has 0 aromatic rings. The highest BCUT2D eigenvalue weighted by Gasteiger charge is 2.39. The predicted molar refractivity (Wildman–Crippen MR) is 152 cm³/mol. The van der Waals surface area contributed by atoms with Crippen molar-refractivity contribution >= 4 is 69.0 Å². The van der Waals surface area contributed by atoms with Gasteiger partial charge in [-0.05, 0) is 26.7 Å². The first-order valence-corrected chi connectivity index (χ1v) is 14.7. The lowest BCUT2D eigenvalue weighted by Gasteiger charge is -2.33. The third kappa shape index (κ3) is 13.0. The molecule has 1 rings (SSSR count). The molecule has 1 heterocycles. The number of aliphatic carboxylic acids is 1. The Morgan fingerprint density at radius 1 is 1.02 bits per heavy atom. The standard InChI is InChI=1S/C22H37N9O8S2/c1-10(32)28-13-9-40-41-22(2,3)16(17(23)36)31-19(38)12(7-15(34)35)29-14(33)8-27-18(37)11(30-20(13)39)5-4-6-26-21(24)25/h11-13,16H,4-9H2,1-3H3,(H2,23,36)(H,27,37)(H,28,32)(H,29,33)(H,30,39)(H,31,38)(H,34,35)(H4,24,25,26). The summed E-state index contributed by atoms with van der Waals surface area (Å²) in [5, 5.41) is 21.3. The van der Waals surface area contributed by atoms with Crippen LogP contribution in [0, 0.1) is 0 Å². The van der Waals surface area contributed by atoms with Gasteiger partial charge >= 0.3 is 5.97 Å². The fourth-order valence-corrected chi connectivity index (χ4v) is 6.35. The first-order valence-electron chi connectivity index (χ1n) is 12.4. The van der Waals surface area contributed by atoms with Crippen molar-refractivity contribution in [3.8, 4) is 0 Å². The molecule has 0 aromatic heterocycles. The zero-order chi connectivity index (χ0) is 31.3. The molecule has 4 unspecified atom stereocenters. The van der Waals surface area contributed by atoms with Crippen LogP contribution in [0.15, 0.2) is 4.99 Å². The number of amides is 6. The van der Waals surface area contributed by atoms with E-state index in [-0.39, 0.29) is 31.1 Å². The molecule has 4 atom stereocenters. The van der Waals surface area contributed by atoms with E-state index >= 15 is 0 Å². The van der Waals surface area contributed by atoms with E-state index in [1.807, 2.05) is 0 Å². The molecule has 1 saturated heterocycles. The van der Waals surface area contributed by atoms with Gasteiger partial charge in [-0.3, -0.25) is 38.6 Å². The smallest absolute Gasteiger partial charge is 0.305 e. The molecule has 0 spiro atoms. The van der Waals surface area contributed by atoms with Crippen LogP contribution in [0.3, 0.4) is 0 Å². The first-order chi connectivity index (χ1) is 19.0. The number of carbonyl (C=O) groups excluding carboxylic acids is 6. The van der Waals surface area contributed by atoms with Crippen molar-refractivity contribution in [2.75, 3.05) is 18.8 Å². The molecule has 0 aromatic carbocycles. The second-order valence-electron chi connectivity index (χ2n) is 9.51. The zero-order valence-electron chi connectivity index (χ0n) is 22.9. The summed E-state index contributed by atoms with van der Waals surface area (Å²) in [4.78, 5) is 90.8. The molecule has 1 aliphatic rings. The number of hydrogen-bond donors (Lipinski definition) is 9. The topological polar surface area (TPSA) is 290 Å². The van der Waals surface area contributed by atoms with Crippen molar-refractivity contribution in [1.29, 1.82) is 0 Å². The summed E-state index contributed by atoms with van der Waals surface area (Å²) in [5.41, 5.74) is 16.2. The number of guanidine groups is 1. The molecule has 19 heteroatoms. The van der Waals surface area contributed by atoms with E-state index in [4.69, 9.17) is 17.2 Å². The van der Waals surface area contributed by atoms with E-state index in [1.54, 1.807) is 13.8 Å². The van der Waals surface area contributed by atoms with Gasteiger partial charge < -0.3 is 48.9 Å². The monoisotopic (exact) mass is 619 g/mol. The van der Waals surface area contributed by atoms with Crippen LogP contribution in [0.1, 0.15) is 40.0 Å². The number of carbonyl (C=O) groups is 7. The van der Waals surface area contributed by atoms with Gasteiger partial charge in [-0.25, -0.2) is 0 Å². The van der Waals surface area contributed by atoms with Crippen LogP contribution in [0.25, 0.3) is 0 Å². The van der Waals surface area contributed by atoms with Crippen molar-refractivity contribution in [3.63, 3.8) is 0 Å². The number of nitrogens with two attached hydrogens (primary N) is 3. The summed E-state index contributed by atoms with van der Waals surface area (Å²) in [7, 11) is 2.16. The lowest BCUT2D eigenvalue weighted by molar-refractivity contribution is -0.141.